The van der Waals surface area contributed by atoms with Crippen LogP contribution in [0.5, 0.6) is 11.5 Å². The van der Waals surface area contributed by atoms with Gasteiger partial charge in [0.1, 0.15) is 11.5 Å². The molecule has 1 fully saturated rings. The van der Waals surface area contributed by atoms with Crippen LogP contribution in [0.15, 0.2) is 47.0 Å². The maximum absolute atomic E-state index is 10.4. The van der Waals surface area contributed by atoms with Crippen LogP contribution in [0.1, 0.15) is 99.5 Å². The molecule has 0 unspecified atom stereocenters. The maximum Gasteiger partial charge on any atom is 0.161 e. The highest BCUT2D eigenvalue weighted by Gasteiger charge is 2.28. The van der Waals surface area contributed by atoms with E-state index in [1.54, 1.807) is 13.0 Å². The molecule has 0 spiro atoms. The van der Waals surface area contributed by atoms with E-state index in [1.807, 2.05) is 12.1 Å². The molecular formula is C33H47NO5. The molecule has 4 N–H and O–H groups in total. The summed E-state index contributed by atoms with van der Waals surface area (Å²) < 4.78 is 12.0. The summed E-state index contributed by atoms with van der Waals surface area (Å²) in [7, 11) is 0. The Kier molecular flexibility index (Phi) is 11.0. The molecule has 4 rings (SSSR count). The fraction of sp³-hybridized carbons (Fsp3) is 0.576. The van der Waals surface area contributed by atoms with Crippen LogP contribution in [0, 0.1) is 5.92 Å². The van der Waals surface area contributed by atoms with Crippen LogP contribution in [0.4, 0.5) is 0 Å². The fourth-order valence-electron chi connectivity index (χ4n) is 5.85. The number of aromatic hydroxyl groups is 1. The molecule has 0 aliphatic heterocycles. The fourth-order valence-corrected chi connectivity index (χ4v) is 5.85. The number of ether oxygens (including phenoxy) is 1. The topological polar surface area (TPSA) is 98.9 Å². The van der Waals surface area contributed by atoms with E-state index in [2.05, 4.69) is 36.3 Å². The lowest BCUT2D eigenvalue weighted by atomic mass is 9.82. The summed E-state index contributed by atoms with van der Waals surface area (Å²) in [5.74, 6) is 3.75. The number of furan rings is 1. The minimum atomic E-state index is -0.698. The number of phenols is 1. The van der Waals surface area contributed by atoms with Crippen LogP contribution in [0.3, 0.4) is 0 Å². The molecule has 1 aliphatic rings. The third kappa shape index (κ3) is 8.64. The first-order chi connectivity index (χ1) is 18.9. The van der Waals surface area contributed by atoms with Gasteiger partial charge in [-0.2, -0.15) is 0 Å². The number of unbranched alkanes of at least 4 members (excludes halogenated alkanes) is 1. The number of hydrogen-bond donors (Lipinski definition) is 4. The van der Waals surface area contributed by atoms with E-state index >= 15 is 0 Å². The van der Waals surface area contributed by atoms with Crippen LogP contribution < -0.4 is 4.74 Å². The van der Waals surface area contributed by atoms with E-state index in [9.17, 15) is 15.3 Å². The highest BCUT2D eigenvalue weighted by molar-refractivity contribution is 5.42. The number of aliphatic hydroxyl groups excluding tert-OH is 2. The molecule has 2 aromatic heterocycles. The van der Waals surface area contributed by atoms with Gasteiger partial charge in [0.05, 0.1) is 18.8 Å². The van der Waals surface area contributed by atoms with Crippen molar-refractivity contribution < 1.29 is 24.5 Å². The second-order valence-electron chi connectivity index (χ2n) is 11.4. The number of aliphatic hydroxyl groups is 2. The second kappa shape index (κ2) is 14.6. The third-order valence-corrected chi connectivity index (χ3v) is 8.30. The molecule has 2 heterocycles. The van der Waals surface area contributed by atoms with Gasteiger partial charge in [-0.05, 0) is 98.7 Å². The Labute approximate surface area is 233 Å². The highest BCUT2D eigenvalue weighted by atomic mass is 16.5. The van der Waals surface area contributed by atoms with E-state index in [0.717, 1.165) is 61.3 Å². The van der Waals surface area contributed by atoms with Gasteiger partial charge in [-0.1, -0.05) is 32.3 Å². The zero-order chi connectivity index (χ0) is 27.6. The molecule has 1 saturated carbocycles. The van der Waals surface area contributed by atoms with Crippen molar-refractivity contribution in [1.29, 1.82) is 0 Å². The smallest absolute Gasteiger partial charge is 0.161 e. The number of H-pyrrole nitrogens is 1. The first-order valence-electron chi connectivity index (χ1n) is 15.0. The molecule has 0 amide bonds. The van der Waals surface area contributed by atoms with Crippen LogP contribution in [0.25, 0.3) is 0 Å². The van der Waals surface area contributed by atoms with Crippen molar-refractivity contribution in [1.82, 2.24) is 4.98 Å². The summed E-state index contributed by atoms with van der Waals surface area (Å²) in [5.41, 5.74) is 3.50. The van der Waals surface area contributed by atoms with Crippen LogP contribution in [-0.2, 0) is 25.7 Å². The van der Waals surface area contributed by atoms with E-state index in [1.165, 1.54) is 31.2 Å². The summed E-state index contributed by atoms with van der Waals surface area (Å²) in [4.78, 5) is 3.42. The summed E-state index contributed by atoms with van der Waals surface area (Å²) in [6.07, 6.45) is 12.9. The highest BCUT2D eigenvalue weighted by Crippen LogP contribution is 2.40. The van der Waals surface area contributed by atoms with E-state index < -0.39 is 12.2 Å². The van der Waals surface area contributed by atoms with Crippen molar-refractivity contribution in [3.8, 4) is 11.5 Å². The minimum Gasteiger partial charge on any atom is -0.504 e. The Morgan fingerprint density at radius 3 is 2.49 bits per heavy atom. The SMILES string of the molecule is CCCCc1ccc(CCc2ccc(O)c(OCCc3cc([C@H](CC[C@H](O)[C@H](C)O)C4CCCC4)c[nH]3)c2)o1. The molecular weight excluding hydrogens is 490 g/mol. The molecule has 214 valence electrons. The number of benzene rings is 1. The minimum absolute atomic E-state index is 0.156. The molecule has 1 aliphatic carbocycles. The van der Waals surface area contributed by atoms with Crippen molar-refractivity contribution in [2.24, 2.45) is 5.92 Å². The van der Waals surface area contributed by atoms with E-state index in [0.29, 0.717) is 37.0 Å². The van der Waals surface area contributed by atoms with Crippen molar-refractivity contribution in [2.45, 2.75) is 109 Å². The van der Waals surface area contributed by atoms with Crippen LogP contribution in [-0.4, -0.2) is 39.1 Å². The van der Waals surface area contributed by atoms with Gasteiger partial charge in [0.15, 0.2) is 11.5 Å². The van der Waals surface area contributed by atoms with Gasteiger partial charge in [-0.15, -0.1) is 0 Å². The Morgan fingerprint density at radius 1 is 0.974 bits per heavy atom. The predicted octanol–water partition coefficient (Wildman–Crippen LogP) is 6.86. The number of aromatic nitrogens is 1. The number of phenolic OH excluding ortho intramolecular Hbond substituents is 1. The largest absolute Gasteiger partial charge is 0.504 e. The molecule has 0 saturated heterocycles. The van der Waals surface area contributed by atoms with Crippen molar-refractivity contribution in [2.75, 3.05) is 6.61 Å². The number of aryl methyl sites for hydroxylation is 3. The van der Waals surface area contributed by atoms with Gasteiger partial charge in [-0.25, -0.2) is 0 Å². The van der Waals surface area contributed by atoms with E-state index in [4.69, 9.17) is 9.15 Å². The Hall–Kier alpha value is -2.70. The number of nitrogens with one attached hydrogen (secondary N) is 1. The first kappa shape index (κ1) is 29.3. The normalized spacial score (nSPS) is 16.4. The molecule has 6 nitrogen and oxygen atoms in total. The Balaban J connectivity index is 1.29. The van der Waals surface area contributed by atoms with Gasteiger partial charge >= 0.3 is 0 Å². The Bertz CT molecular complexity index is 1130. The number of aromatic amines is 1. The van der Waals surface area contributed by atoms with Gasteiger partial charge in [0.2, 0.25) is 0 Å². The second-order valence-corrected chi connectivity index (χ2v) is 11.4. The molecule has 3 aromatic rings. The van der Waals surface area contributed by atoms with Gasteiger partial charge in [-0.3, -0.25) is 0 Å². The first-order valence-corrected chi connectivity index (χ1v) is 15.0. The van der Waals surface area contributed by atoms with Crippen molar-refractivity contribution in [3.05, 3.63) is 70.9 Å². The van der Waals surface area contributed by atoms with Gasteiger partial charge in [0.25, 0.3) is 0 Å². The third-order valence-electron chi connectivity index (χ3n) is 8.30. The summed E-state index contributed by atoms with van der Waals surface area (Å²) in [6, 6.07) is 12.0. The summed E-state index contributed by atoms with van der Waals surface area (Å²) in [6.45, 7) is 4.30. The predicted molar refractivity (Wildman–Crippen MR) is 154 cm³/mol. The monoisotopic (exact) mass is 537 g/mol. The average Bonchev–Trinajstić information content (AvgIpc) is 3.71. The number of hydrogen-bond acceptors (Lipinski definition) is 5. The zero-order valence-electron chi connectivity index (χ0n) is 23.7. The Morgan fingerprint density at radius 2 is 1.74 bits per heavy atom. The maximum atomic E-state index is 10.4. The quantitative estimate of drug-likeness (QED) is 0.160. The zero-order valence-corrected chi connectivity index (χ0v) is 23.7. The van der Waals surface area contributed by atoms with E-state index in [-0.39, 0.29) is 5.75 Å². The van der Waals surface area contributed by atoms with Crippen LogP contribution in [0.2, 0.25) is 0 Å². The molecule has 39 heavy (non-hydrogen) atoms. The molecule has 3 atom stereocenters. The van der Waals surface area contributed by atoms with Crippen molar-refractivity contribution in [3.63, 3.8) is 0 Å². The molecule has 0 bridgehead atoms. The van der Waals surface area contributed by atoms with Gasteiger partial charge in [0, 0.05) is 31.2 Å². The van der Waals surface area contributed by atoms with Gasteiger partial charge < -0.3 is 29.5 Å². The van der Waals surface area contributed by atoms with Crippen LogP contribution >= 0.6 is 0 Å². The summed E-state index contributed by atoms with van der Waals surface area (Å²) >= 11 is 0. The number of rotatable bonds is 16. The lowest BCUT2D eigenvalue weighted by Crippen LogP contribution is -2.23. The standard InChI is InChI=1S/C33H47NO5/c1-3-4-9-28-13-14-29(39-28)12-10-24-11-16-32(37)33(20-24)38-19-18-27-21-26(22-34-27)30(25-7-5-6-8-25)15-17-31(36)23(2)35/h11,13-14,16,20-23,25,30-31,34-37H,3-10,12,15,17-19H2,1-2H3/t23-,30+,31-/m0/s1. The van der Waals surface area contributed by atoms with Crippen molar-refractivity contribution >= 4 is 0 Å². The lowest BCUT2D eigenvalue weighted by molar-refractivity contribution is 0.0229. The lowest BCUT2D eigenvalue weighted by Gasteiger charge is -2.24. The summed E-state index contributed by atoms with van der Waals surface area (Å²) in [5, 5.41) is 30.2. The molecule has 1 aromatic carbocycles. The average molecular weight is 538 g/mol. The molecule has 6 heteroatoms. The molecule has 0 radical (unpaired) electrons.